The average Bonchev–Trinajstić information content (AvgIpc) is 2.39. The normalized spacial score (nSPS) is 16.5. The van der Waals surface area contributed by atoms with E-state index in [2.05, 4.69) is 5.32 Å². The lowest BCUT2D eigenvalue weighted by Gasteiger charge is -2.22. The molecule has 4 heteroatoms. The van der Waals surface area contributed by atoms with E-state index in [0.717, 1.165) is 29.9 Å². The Bertz CT molecular complexity index is 350. The Morgan fingerprint density at radius 3 is 2.71 bits per heavy atom. The van der Waals surface area contributed by atoms with Crippen LogP contribution in [0.2, 0.25) is 0 Å². The van der Waals surface area contributed by atoms with Gasteiger partial charge in [-0.05, 0) is 29.9 Å². The molecule has 0 unspecified atom stereocenters. The molecule has 92 valence electrons. The number of hydrogen-bond donors (Lipinski definition) is 1. The maximum Gasteiger partial charge on any atom is 0.407 e. The lowest BCUT2D eigenvalue weighted by atomic mass is 10.2. The van der Waals surface area contributed by atoms with Crippen molar-refractivity contribution in [3.05, 3.63) is 35.9 Å². The molecule has 1 aromatic carbocycles. The highest BCUT2D eigenvalue weighted by Gasteiger charge is 2.16. The summed E-state index contributed by atoms with van der Waals surface area (Å²) in [4.78, 5) is 11.5. The number of thioether (sulfide) groups is 1. The number of nitrogens with one attached hydrogen (secondary N) is 1. The predicted molar refractivity (Wildman–Crippen MR) is 70.1 cm³/mol. The fraction of sp³-hybridized carbons (Fsp3) is 0.462. The molecule has 17 heavy (non-hydrogen) atoms. The van der Waals surface area contributed by atoms with Crippen LogP contribution in [0.5, 0.6) is 0 Å². The summed E-state index contributed by atoms with van der Waals surface area (Å²) in [5, 5.41) is 2.91. The van der Waals surface area contributed by atoms with Gasteiger partial charge in [0, 0.05) is 6.04 Å². The van der Waals surface area contributed by atoms with Crippen LogP contribution < -0.4 is 5.32 Å². The number of hydrogen-bond acceptors (Lipinski definition) is 3. The molecule has 0 spiro atoms. The van der Waals surface area contributed by atoms with Crippen LogP contribution in [0.3, 0.4) is 0 Å². The predicted octanol–water partition coefficient (Wildman–Crippen LogP) is 2.81. The maximum absolute atomic E-state index is 11.5. The Labute approximate surface area is 106 Å². The zero-order chi connectivity index (χ0) is 11.9. The fourth-order valence-corrected chi connectivity index (χ4v) is 2.88. The van der Waals surface area contributed by atoms with Crippen LogP contribution in [0, 0.1) is 0 Å². The summed E-state index contributed by atoms with van der Waals surface area (Å²) >= 11 is 1.94. The van der Waals surface area contributed by atoms with Gasteiger partial charge < -0.3 is 10.1 Å². The molecule has 2 rings (SSSR count). The first kappa shape index (κ1) is 12.3. The number of carbonyl (C=O) groups excluding carboxylic acids is 1. The second-order valence-corrected chi connectivity index (χ2v) is 5.32. The quantitative estimate of drug-likeness (QED) is 0.897. The Kier molecular flexibility index (Phi) is 4.74. The van der Waals surface area contributed by atoms with E-state index in [1.807, 2.05) is 42.1 Å². The minimum absolute atomic E-state index is 0.291. The minimum atomic E-state index is -0.300. The van der Waals surface area contributed by atoms with Crippen LogP contribution in [0.4, 0.5) is 4.79 Å². The van der Waals surface area contributed by atoms with Gasteiger partial charge in [0.1, 0.15) is 6.61 Å². The molecular formula is C13H17NO2S. The smallest absolute Gasteiger partial charge is 0.407 e. The minimum Gasteiger partial charge on any atom is -0.445 e. The molecule has 0 atom stereocenters. The number of amides is 1. The van der Waals surface area contributed by atoms with Crippen LogP contribution in [-0.2, 0) is 11.3 Å². The van der Waals surface area contributed by atoms with Crippen LogP contribution in [0.25, 0.3) is 0 Å². The lowest BCUT2D eigenvalue weighted by molar-refractivity contribution is 0.135. The molecule has 0 aliphatic carbocycles. The van der Waals surface area contributed by atoms with Gasteiger partial charge in [-0.15, -0.1) is 0 Å². The molecule has 0 aromatic heterocycles. The maximum atomic E-state index is 11.5. The molecular weight excluding hydrogens is 234 g/mol. The average molecular weight is 251 g/mol. The van der Waals surface area contributed by atoms with E-state index in [1.165, 1.54) is 0 Å². The van der Waals surface area contributed by atoms with Crippen LogP contribution >= 0.6 is 11.8 Å². The van der Waals surface area contributed by atoms with Gasteiger partial charge in [0.25, 0.3) is 0 Å². The molecule has 0 bridgehead atoms. The Morgan fingerprint density at radius 1 is 1.29 bits per heavy atom. The second kappa shape index (κ2) is 6.55. The number of alkyl carbamates (subject to hydrolysis) is 1. The highest BCUT2D eigenvalue weighted by atomic mass is 32.2. The number of carbonyl (C=O) groups is 1. The van der Waals surface area contributed by atoms with Crippen molar-refractivity contribution in [1.82, 2.24) is 5.32 Å². The highest BCUT2D eigenvalue weighted by Crippen LogP contribution is 2.16. The van der Waals surface area contributed by atoms with E-state index < -0.39 is 0 Å². The van der Waals surface area contributed by atoms with Crippen molar-refractivity contribution in [3.8, 4) is 0 Å². The van der Waals surface area contributed by atoms with Crippen molar-refractivity contribution in [1.29, 1.82) is 0 Å². The first-order valence-corrected chi connectivity index (χ1v) is 7.05. The highest BCUT2D eigenvalue weighted by molar-refractivity contribution is 7.99. The zero-order valence-electron chi connectivity index (χ0n) is 9.72. The SMILES string of the molecule is O=C(NC1CCSCC1)OCc1ccccc1. The molecule has 1 aliphatic heterocycles. The fourth-order valence-electron chi connectivity index (χ4n) is 1.77. The summed E-state index contributed by atoms with van der Waals surface area (Å²) in [6.07, 6.45) is 1.79. The number of benzene rings is 1. The molecule has 1 aromatic rings. The van der Waals surface area contributed by atoms with Gasteiger partial charge in [-0.1, -0.05) is 30.3 Å². The van der Waals surface area contributed by atoms with Gasteiger partial charge in [-0.3, -0.25) is 0 Å². The van der Waals surface area contributed by atoms with E-state index in [9.17, 15) is 4.79 Å². The van der Waals surface area contributed by atoms with Gasteiger partial charge in [0.05, 0.1) is 0 Å². The molecule has 1 heterocycles. The van der Waals surface area contributed by atoms with Gasteiger partial charge in [0.15, 0.2) is 0 Å². The largest absolute Gasteiger partial charge is 0.445 e. The Morgan fingerprint density at radius 2 is 2.00 bits per heavy atom. The summed E-state index contributed by atoms with van der Waals surface area (Å²) < 4.78 is 5.17. The van der Waals surface area contributed by atoms with E-state index in [-0.39, 0.29) is 6.09 Å². The van der Waals surface area contributed by atoms with E-state index in [1.54, 1.807) is 0 Å². The van der Waals surface area contributed by atoms with Crippen LogP contribution in [0.1, 0.15) is 18.4 Å². The van der Waals surface area contributed by atoms with E-state index in [0.29, 0.717) is 12.6 Å². The van der Waals surface area contributed by atoms with Gasteiger partial charge in [-0.2, -0.15) is 11.8 Å². The first-order valence-electron chi connectivity index (χ1n) is 5.89. The first-order chi connectivity index (χ1) is 8.34. The second-order valence-electron chi connectivity index (χ2n) is 4.09. The monoisotopic (exact) mass is 251 g/mol. The van der Waals surface area contributed by atoms with Gasteiger partial charge in [-0.25, -0.2) is 4.79 Å². The van der Waals surface area contributed by atoms with Crippen molar-refractivity contribution >= 4 is 17.9 Å². The van der Waals surface area contributed by atoms with Crippen molar-refractivity contribution in [3.63, 3.8) is 0 Å². The third kappa shape index (κ3) is 4.30. The molecule has 1 amide bonds. The summed E-state index contributed by atoms with van der Waals surface area (Å²) in [7, 11) is 0. The third-order valence-corrected chi connectivity index (χ3v) is 3.80. The van der Waals surface area contributed by atoms with Crippen LogP contribution in [-0.4, -0.2) is 23.6 Å². The van der Waals surface area contributed by atoms with Crippen molar-refractivity contribution in [2.75, 3.05) is 11.5 Å². The molecule has 1 fully saturated rings. The molecule has 1 saturated heterocycles. The third-order valence-electron chi connectivity index (χ3n) is 2.76. The molecule has 1 N–H and O–H groups in total. The van der Waals surface area contributed by atoms with Crippen LogP contribution in [0.15, 0.2) is 30.3 Å². The molecule has 3 nitrogen and oxygen atoms in total. The Balaban J connectivity index is 1.70. The van der Waals surface area contributed by atoms with Gasteiger partial charge >= 0.3 is 6.09 Å². The van der Waals surface area contributed by atoms with Crippen molar-refractivity contribution in [2.24, 2.45) is 0 Å². The van der Waals surface area contributed by atoms with Crippen molar-refractivity contribution in [2.45, 2.75) is 25.5 Å². The summed E-state index contributed by atoms with van der Waals surface area (Å²) in [6, 6.07) is 10.0. The Hall–Kier alpha value is -1.16. The lowest BCUT2D eigenvalue weighted by Crippen LogP contribution is -2.37. The standard InChI is InChI=1S/C13H17NO2S/c15-13(14-12-6-8-17-9-7-12)16-10-11-4-2-1-3-5-11/h1-5,12H,6-10H2,(H,14,15). The topological polar surface area (TPSA) is 38.3 Å². The molecule has 0 saturated carbocycles. The molecule has 1 aliphatic rings. The molecule has 0 radical (unpaired) electrons. The summed E-state index contributed by atoms with van der Waals surface area (Å²) in [6.45, 7) is 0.341. The summed E-state index contributed by atoms with van der Waals surface area (Å²) in [5.41, 5.74) is 1.02. The van der Waals surface area contributed by atoms with E-state index >= 15 is 0 Å². The summed E-state index contributed by atoms with van der Waals surface area (Å²) in [5.74, 6) is 2.26. The van der Waals surface area contributed by atoms with E-state index in [4.69, 9.17) is 4.74 Å². The number of rotatable bonds is 3. The zero-order valence-corrected chi connectivity index (χ0v) is 10.5. The van der Waals surface area contributed by atoms with Gasteiger partial charge in [0.2, 0.25) is 0 Å². The van der Waals surface area contributed by atoms with Crippen molar-refractivity contribution < 1.29 is 9.53 Å². The number of ether oxygens (including phenoxy) is 1.